The van der Waals surface area contributed by atoms with Crippen molar-refractivity contribution in [2.75, 3.05) is 51.4 Å². The molecule has 1 aliphatic carbocycles. The van der Waals surface area contributed by atoms with Gasteiger partial charge in [-0.2, -0.15) is 0 Å². The predicted octanol–water partition coefficient (Wildman–Crippen LogP) is 0.796. The Balaban J connectivity index is 0.00000300. The average Bonchev–Trinajstić information content (AvgIpc) is 2.68. The van der Waals surface area contributed by atoms with Gasteiger partial charge >= 0.3 is 0 Å². The van der Waals surface area contributed by atoms with E-state index in [9.17, 15) is 9.59 Å². The van der Waals surface area contributed by atoms with Crippen molar-refractivity contribution in [2.24, 2.45) is 0 Å². The molecule has 0 radical (unpaired) electrons. The monoisotopic (exact) mass is 459 g/mol. The second-order valence-electron chi connectivity index (χ2n) is 8.03. The van der Waals surface area contributed by atoms with Crippen molar-refractivity contribution in [3.63, 3.8) is 0 Å². The number of nitrogens with zero attached hydrogens (tertiary/aromatic N) is 1. The summed E-state index contributed by atoms with van der Waals surface area (Å²) < 4.78 is 0.986. The minimum atomic E-state index is -0.0982. The van der Waals surface area contributed by atoms with Crippen molar-refractivity contribution in [3.05, 3.63) is 58.7 Å². The summed E-state index contributed by atoms with van der Waals surface area (Å²) in [5.74, 6) is -0.189. The molecule has 2 aromatic rings. The molecule has 2 aromatic carbocycles. The van der Waals surface area contributed by atoms with E-state index < -0.39 is 0 Å². The fourth-order valence-corrected chi connectivity index (χ4v) is 4.03. The molecule has 29 heavy (non-hydrogen) atoms. The zero-order chi connectivity index (χ0) is 20.3. The van der Waals surface area contributed by atoms with Gasteiger partial charge in [-0.3, -0.25) is 9.59 Å². The summed E-state index contributed by atoms with van der Waals surface area (Å²) in [6, 6.07) is 10.8. The van der Waals surface area contributed by atoms with Crippen LogP contribution in [0.3, 0.4) is 0 Å². The summed E-state index contributed by atoms with van der Waals surface area (Å²) in [6.07, 6.45) is 2.16. The molecule has 0 aliphatic heterocycles. The van der Waals surface area contributed by atoms with Gasteiger partial charge in [0.15, 0.2) is 11.6 Å². The molecule has 0 heterocycles. The van der Waals surface area contributed by atoms with Crippen molar-refractivity contribution in [1.82, 2.24) is 0 Å². The van der Waals surface area contributed by atoms with Crippen LogP contribution in [0.2, 0.25) is 0 Å². The first kappa shape index (κ1) is 23.1. The lowest BCUT2D eigenvalue weighted by Crippen LogP contribution is -3.00. The van der Waals surface area contributed by atoms with Crippen LogP contribution in [0.1, 0.15) is 51.6 Å². The quantitative estimate of drug-likeness (QED) is 0.386. The van der Waals surface area contributed by atoms with Crippen LogP contribution >= 0.6 is 0 Å². The van der Waals surface area contributed by atoms with Gasteiger partial charge in [0, 0.05) is 42.5 Å². The molecule has 0 amide bonds. The first-order chi connectivity index (χ1) is 13.4. The summed E-state index contributed by atoms with van der Waals surface area (Å²) >= 11 is 0. The summed E-state index contributed by atoms with van der Waals surface area (Å²) in [5, 5.41) is 6.47. The van der Waals surface area contributed by atoms with Gasteiger partial charge in [0.25, 0.3) is 0 Å². The van der Waals surface area contributed by atoms with E-state index in [0.717, 1.165) is 42.6 Å². The summed E-state index contributed by atoms with van der Waals surface area (Å²) in [4.78, 5) is 26.3. The van der Waals surface area contributed by atoms with Gasteiger partial charge in [-0.05, 0) is 18.6 Å². The van der Waals surface area contributed by atoms with Crippen LogP contribution in [0, 0.1) is 0 Å². The predicted molar refractivity (Wildman–Crippen MR) is 115 cm³/mol. The lowest BCUT2D eigenvalue weighted by atomic mass is 9.82. The average molecular weight is 460 g/mol. The Morgan fingerprint density at radius 1 is 0.862 bits per heavy atom. The number of ketones is 2. The van der Waals surface area contributed by atoms with Crippen LogP contribution in [0.25, 0.3) is 0 Å². The molecule has 3 rings (SSSR count). The van der Waals surface area contributed by atoms with E-state index in [-0.39, 0.29) is 28.5 Å². The number of anilines is 2. The highest BCUT2D eigenvalue weighted by Crippen LogP contribution is 2.36. The molecule has 6 heteroatoms. The molecule has 2 N–H and O–H groups in total. The van der Waals surface area contributed by atoms with E-state index in [4.69, 9.17) is 0 Å². The molecule has 156 valence electrons. The van der Waals surface area contributed by atoms with E-state index >= 15 is 0 Å². The van der Waals surface area contributed by atoms with Gasteiger partial charge in [-0.15, -0.1) is 0 Å². The summed E-state index contributed by atoms with van der Waals surface area (Å²) in [5.41, 5.74) is 3.34. The van der Waals surface area contributed by atoms with Crippen molar-refractivity contribution >= 4 is 22.9 Å². The van der Waals surface area contributed by atoms with Crippen molar-refractivity contribution in [2.45, 2.75) is 19.8 Å². The third kappa shape index (κ3) is 4.70. The van der Waals surface area contributed by atoms with E-state index in [2.05, 4.69) is 31.7 Å². The number of fused-ring (bicyclic) bond motifs is 2. The number of halogens is 1. The number of carbonyl (C=O) groups is 2. The molecule has 1 aliphatic rings. The standard InChI is InChI=1S/C23H29N3O2.BrH/c1-5-14-26(3,4)15-8-13-25-19-12-11-18(24-2)20-21(19)23(28)17-10-7-6-9-16(17)22(20)27;/h6-7,9-12H,5,8,13-15H2,1-4H3,(H-,24,25,27,28);1H. The largest absolute Gasteiger partial charge is 1.00 e. The number of rotatable bonds is 8. The maximum Gasteiger partial charge on any atom is 0.196 e. The van der Waals surface area contributed by atoms with Gasteiger partial charge in [0.2, 0.25) is 0 Å². The second-order valence-corrected chi connectivity index (χ2v) is 8.03. The van der Waals surface area contributed by atoms with Crippen LogP contribution in [0.5, 0.6) is 0 Å². The zero-order valence-corrected chi connectivity index (χ0v) is 19.2. The fourth-order valence-electron chi connectivity index (χ4n) is 4.03. The van der Waals surface area contributed by atoms with E-state index in [1.54, 1.807) is 31.3 Å². The van der Waals surface area contributed by atoms with Gasteiger partial charge in [-0.1, -0.05) is 31.2 Å². The Hall–Kier alpha value is -2.18. The topological polar surface area (TPSA) is 58.2 Å². The lowest BCUT2D eigenvalue weighted by Gasteiger charge is -2.29. The normalized spacial score (nSPS) is 12.7. The number of nitrogens with one attached hydrogen (secondary N) is 2. The Morgan fingerprint density at radius 3 is 1.97 bits per heavy atom. The zero-order valence-electron chi connectivity index (χ0n) is 17.6. The third-order valence-electron chi connectivity index (χ3n) is 5.43. The molecule has 5 nitrogen and oxygen atoms in total. The van der Waals surface area contributed by atoms with E-state index in [0.29, 0.717) is 27.9 Å². The Kier molecular flexibility index (Phi) is 7.60. The molecule has 0 unspecified atom stereocenters. The molecule has 0 saturated heterocycles. The number of carbonyl (C=O) groups excluding carboxylic acids is 2. The van der Waals surface area contributed by atoms with Gasteiger partial charge in [0.05, 0.1) is 38.3 Å². The minimum Gasteiger partial charge on any atom is -1.00 e. The van der Waals surface area contributed by atoms with Crippen LogP contribution in [0.15, 0.2) is 36.4 Å². The maximum absolute atomic E-state index is 13.2. The molecule has 0 spiro atoms. The summed E-state index contributed by atoms with van der Waals surface area (Å²) in [7, 11) is 6.26. The lowest BCUT2D eigenvalue weighted by molar-refractivity contribution is -0.890. The molecule has 0 saturated carbocycles. The third-order valence-corrected chi connectivity index (χ3v) is 5.43. The van der Waals surface area contributed by atoms with Crippen LogP contribution in [-0.2, 0) is 0 Å². The Labute approximate surface area is 183 Å². The number of quaternary nitrogens is 1. The van der Waals surface area contributed by atoms with Crippen LogP contribution in [-0.4, -0.2) is 56.8 Å². The van der Waals surface area contributed by atoms with E-state index in [1.165, 1.54) is 0 Å². The van der Waals surface area contributed by atoms with Gasteiger partial charge in [-0.25, -0.2) is 0 Å². The Morgan fingerprint density at radius 2 is 1.41 bits per heavy atom. The molecule has 0 aromatic heterocycles. The second kappa shape index (κ2) is 9.55. The first-order valence-electron chi connectivity index (χ1n) is 9.98. The Bertz CT molecular complexity index is 909. The van der Waals surface area contributed by atoms with Crippen LogP contribution < -0.4 is 27.6 Å². The van der Waals surface area contributed by atoms with Crippen molar-refractivity contribution in [1.29, 1.82) is 0 Å². The smallest absolute Gasteiger partial charge is 0.196 e. The highest BCUT2D eigenvalue weighted by atomic mass is 79.9. The molecule has 0 atom stereocenters. The number of hydrogen-bond acceptors (Lipinski definition) is 4. The maximum atomic E-state index is 13.2. The van der Waals surface area contributed by atoms with Crippen molar-refractivity contribution in [3.8, 4) is 0 Å². The van der Waals surface area contributed by atoms with E-state index in [1.807, 2.05) is 12.1 Å². The highest BCUT2D eigenvalue weighted by molar-refractivity contribution is 6.31. The fraction of sp³-hybridized carbons (Fsp3) is 0.391. The van der Waals surface area contributed by atoms with Crippen molar-refractivity contribution < 1.29 is 31.1 Å². The van der Waals surface area contributed by atoms with Gasteiger partial charge in [0.1, 0.15) is 0 Å². The molecular weight excluding hydrogens is 430 g/mol. The van der Waals surface area contributed by atoms with Gasteiger partial charge < -0.3 is 32.1 Å². The highest BCUT2D eigenvalue weighted by Gasteiger charge is 2.33. The molecular formula is C23H30BrN3O2. The molecule has 0 fully saturated rings. The number of hydrogen-bond donors (Lipinski definition) is 2. The summed E-state index contributed by atoms with van der Waals surface area (Å²) in [6.45, 7) is 5.18. The number of benzene rings is 2. The SMILES string of the molecule is CCC[N+](C)(C)CCCNc1ccc(NC)c2c1C(=O)c1ccccc1C2=O.[Br-]. The molecule has 0 bridgehead atoms. The minimum absolute atomic E-state index is 0. The van der Waals surface area contributed by atoms with Crippen LogP contribution in [0.4, 0.5) is 11.4 Å². The first-order valence-corrected chi connectivity index (χ1v) is 9.98.